The Balaban J connectivity index is 2.31. The van der Waals surface area contributed by atoms with Crippen LogP contribution in [0.25, 0.3) is 11.1 Å². The topological polar surface area (TPSA) is 80.3 Å². The molecule has 2 atom stereocenters. The Morgan fingerprint density at radius 2 is 1.63 bits per heavy atom. The standard InChI is InChI=1S/C13H8O4P2/c14-18(15)12-6-5-10-9-4-2-1-3-8(9)7-11(10)13(12)19(16)17/h1-6H,7H2. The molecular formula is C13H8O4P2. The van der Waals surface area contributed by atoms with E-state index in [4.69, 9.17) is 0 Å². The molecule has 94 valence electrons. The second kappa shape index (κ2) is 4.59. The number of benzene rings is 2. The number of fused-ring (bicyclic) bond motifs is 3. The number of rotatable bonds is 2. The van der Waals surface area contributed by atoms with Crippen molar-refractivity contribution >= 4 is 26.7 Å². The minimum absolute atomic E-state index is 0.0557. The van der Waals surface area contributed by atoms with Gasteiger partial charge in [0.2, 0.25) is 10.6 Å². The summed E-state index contributed by atoms with van der Waals surface area (Å²) in [6.45, 7) is 0. The van der Waals surface area contributed by atoms with Gasteiger partial charge in [-0.2, -0.15) is 0 Å². The van der Waals surface area contributed by atoms with Crippen molar-refractivity contribution in [3.05, 3.63) is 47.5 Å². The Kier molecular flexibility index (Phi) is 3.04. The molecule has 2 aromatic carbocycles. The zero-order valence-electron chi connectivity index (χ0n) is 9.70. The summed E-state index contributed by atoms with van der Waals surface area (Å²) in [4.78, 5) is 22.6. The van der Waals surface area contributed by atoms with E-state index in [-0.39, 0.29) is 10.6 Å². The lowest BCUT2D eigenvalue weighted by atomic mass is 10.1. The molecule has 0 bridgehead atoms. The highest BCUT2D eigenvalue weighted by molar-refractivity contribution is 7.53. The minimum atomic E-state index is -2.94. The molecule has 19 heavy (non-hydrogen) atoms. The molecule has 3 rings (SSSR count). The first-order valence-electron chi connectivity index (χ1n) is 5.62. The largest absolute Gasteiger partial charge is 0.591 e. The molecule has 0 fully saturated rings. The van der Waals surface area contributed by atoms with Crippen molar-refractivity contribution in [3.63, 3.8) is 0 Å². The normalized spacial score (nSPS) is 13.8. The quantitative estimate of drug-likeness (QED) is 0.651. The first-order valence-corrected chi connectivity index (χ1v) is 7.98. The van der Waals surface area contributed by atoms with Crippen molar-refractivity contribution in [2.45, 2.75) is 6.42 Å². The highest BCUT2D eigenvalue weighted by Gasteiger charge is 2.33. The molecule has 0 amide bonds. The molecule has 0 N–H and O–H groups in total. The minimum Gasteiger partial charge on any atom is -0.591 e. The molecular weight excluding hydrogens is 282 g/mol. The molecule has 0 spiro atoms. The average molecular weight is 290 g/mol. The van der Waals surface area contributed by atoms with Crippen molar-refractivity contribution in [1.29, 1.82) is 0 Å². The molecule has 1 aliphatic carbocycles. The maximum atomic E-state index is 11.4. The number of hydrogen-bond acceptors (Lipinski definition) is 4. The summed E-state index contributed by atoms with van der Waals surface area (Å²) in [5, 5.41) is -0.169. The highest BCUT2D eigenvalue weighted by Crippen LogP contribution is 2.37. The van der Waals surface area contributed by atoms with E-state index in [1.165, 1.54) is 6.07 Å². The fourth-order valence-electron chi connectivity index (χ4n) is 2.53. The van der Waals surface area contributed by atoms with Crippen molar-refractivity contribution < 1.29 is 18.9 Å². The molecule has 1 aliphatic rings. The van der Waals surface area contributed by atoms with E-state index < -0.39 is 16.1 Å². The second-order valence-electron chi connectivity index (χ2n) is 4.31. The van der Waals surface area contributed by atoms with Gasteiger partial charge in [0, 0.05) is 12.0 Å². The molecule has 0 saturated heterocycles. The molecule has 0 heterocycles. The van der Waals surface area contributed by atoms with Gasteiger partial charge >= 0.3 is 16.1 Å². The molecule has 0 radical (unpaired) electrons. The van der Waals surface area contributed by atoms with Gasteiger partial charge in [0.25, 0.3) is 0 Å². The van der Waals surface area contributed by atoms with Crippen molar-refractivity contribution in [3.8, 4) is 11.1 Å². The molecule has 6 heteroatoms. The van der Waals surface area contributed by atoms with Gasteiger partial charge in [-0.05, 0) is 28.8 Å². The molecule has 2 unspecified atom stereocenters. The van der Waals surface area contributed by atoms with Crippen LogP contribution >= 0.6 is 16.1 Å². The van der Waals surface area contributed by atoms with Gasteiger partial charge in [0.1, 0.15) is 0 Å². The van der Waals surface area contributed by atoms with E-state index >= 15 is 0 Å². The van der Waals surface area contributed by atoms with Crippen LogP contribution in [0.1, 0.15) is 11.1 Å². The van der Waals surface area contributed by atoms with Gasteiger partial charge in [-0.15, -0.1) is 0 Å². The summed E-state index contributed by atoms with van der Waals surface area (Å²) in [5.41, 5.74) is 3.40. The Labute approximate surface area is 111 Å². The van der Waals surface area contributed by atoms with Crippen LogP contribution in [0.3, 0.4) is 0 Å². The van der Waals surface area contributed by atoms with Gasteiger partial charge in [0.05, 0.1) is 0 Å². The van der Waals surface area contributed by atoms with Crippen molar-refractivity contribution in [2.24, 2.45) is 0 Å². The summed E-state index contributed by atoms with van der Waals surface area (Å²) in [6, 6.07) is 10.7. The van der Waals surface area contributed by atoms with Crippen LogP contribution in [0.15, 0.2) is 36.4 Å². The van der Waals surface area contributed by atoms with E-state index in [1.807, 2.05) is 24.3 Å². The van der Waals surface area contributed by atoms with E-state index in [9.17, 15) is 18.9 Å². The summed E-state index contributed by atoms with van der Waals surface area (Å²) in [5.74, 6) is 0. The van der Waals surface area contributed by atoms with Crippen molar-refractivity contribution in [1.82, 2.24) is 0 Å². The molecule has 0 aliphatic heterocycles. The van der Waals surface area contributed by atoms with Crippen LogP contribution in [-0.2, 0) is 15.6 Å². The second-order valence-corrected chi connectivity index (χ2v) is 6.27. The lowest BCUT2D eigenvalue weighted by Crippen LogP contribution is -2.27. The van der Waals surface area contributed by atoms with Gasteiger partial charge in [0.15, 0.2) is 0 Å². The van der Waals surface area contributed by atoms with Crippen LogP contribution in [0.5, 0.6) is 0 Å². The van der Waals surface area contributed by atoms with Gasteiger partial charge in [-0.1, -0.05) is 33.4 Å². The predicted molar refractivity (Wildman–Crippen MR) is 69.2 cm³/mol. The lowest BCUT2D eigenvalue weighted by molar-refractivity contribution is -0.163. The maximum Gasteiger partial charge on any atom is 0.353 e. The van der Waals surface area contributed by atoms with Crippen LogP contribution in [0.4, 0.5) is 0 Å². The Morgan fingerprint density at radius 3 is 2.32 bits per heavy atom. The summed E-state index contributed by atoms with van der Waals surface area (Å²) >= 11 is 0. The van der Waals surface area contributed by atoms with Crippen LogP contribution in [0.2, 0.25) is 0 Å². The zero-order valence-corrected chi connectivity index (χ0v) is 11.5. The average Bonchev–Trinajstić information content (AvgIpc) is 2.75. The zero-order chi connectivity index (χ0) is 13.6. The first-order chi connectivity index (χ1) is 9.09. The molecule has 4 nitrogen and oxygen atoms in total. The predicted octanol–water partition coefficient (Wildman–Crippen LogP) is 0.714. The lowest BCUT2D eigenvalue weighted by Gasteiger charge is -2.02. The van der Waals surface area contributed by atoms with Crippen molar-refractivity contribution in [2.75, 3.05) is 0 Å². The van der Waals surface area contributed by atoms with Crippen LogP contribution in [0, 0.1) is 0 Å². The fraction of sp³-hybridized carbons (Fsp3) is 0.0769. The highest BCUT2D eigenvalue weighted by atomic mass is 31.1. The fourth-order valence-corrected chi connectivity index (χ4v) is 4.21. The third-order valence-corrected chi connectivity index (χ3v) is 5.13. The Bertz CT molecular complexity index is 725. The third kappa shape index (κ3) is 1.94. The van der Waals surface area contributed by atoms with E-state index in [0.717, 1.165) is 16.7 Å². The molecule has 0 aromatic heterocycles. The molecule has 0 saturated carbocycles. The summed E-state index contributed by atoms with van der Waals surface area (Å²) < 4.78 is 22.6. The van der Waals surface area contributed by atoms with E-state index in [2.05, 4.69) is 0 Å². The van der Waals surface area contributed by atoms with Gasteiger partial charge in [-0.3, -0.25) is 0 Å². The summed E-state index contributed by atoms with van der Waals surface area (Å²) in [7, 11) is -5.85. The number of hydrogen-bond donors (Lipinski definition) is 0. The smallest absolute Gasteiger partial charge is 0.353 e. The third-order valence-electron chi connectivity index (χ3n) is 3.32. The first kappa shape index (κ1) is 12.6. The van der Waals surface area contributed by atoms with Crippen LogP contribution < -0.4 is 20.4 Å². The monoisotopic (exact) mass is 290 g/mol. The Hall–Kier alpha value is -1.44. The maximum absolute atomic E-state index is 11.4. The van der Waals surface area contributed by atoms with E-state index in [1.54, 1.807) is 6.07 Å². The SMILES string of the molecule is O=[P+]([O-])c1ccc2c(c1[P+](=O)[O-])Cc1ccccc1-2. The van der Waals surface area contributed by atoms with Gasteiger partial charge < -0.3 is 9.79 Å². The van der Waals surface area contributed by atoms with E-state index in [0.29, 0.717) is 12.0 Å². The van der Waals surface area contributed by atoms with Gasteiger partial charge in [-0.25, -0.2) is 0 Å². The summed E-state index contributed by atoms with van der Waals surface area (Å²) in [6.07, 6.45) is 0.459. The Morgan fingerprint density at radius 1 is 0.895 bits per heavy atom. The van der Waals surface area contributed by atoms with Crippen LogP contribution in [-0.4, -0.2) is 0 Å². The molecule has 2 aromatic rings.